The van der Waals surface area contributed by atoms with E-state index < -0.39 is 75.6 Å². The summed E-state index contributed by atoms with van der Waals surface area (Å²) in [5.41, 5.74) is 13.4. The average Bonchev–Trinajstić information content (AvgIpc) is 0.761. The molecule has 0 saturated carbocycles. The summed E-state index contributed by atoms with van der Waals surface area (Å²) in [7, 11) is 1.52. The Hall–Kier alpha value is -16.1. The minimum atomic E-state index is -0.756. The van der Waals surface area contributed by atoms with Crippen LogP contribution in [0.25, 0.3) is 166 Å². The van der Waals surface area contributed by atoms with Gasteiger partial charge in [0.1, 0.15) is 98.1 Å². The van der Waals surface area contributed by atoms with Gasteiger partial charge in [0, 0.05) is 174 Å². The number of benzene rings is 10. The van der Waals surface area contributed by atoms with Gasteiger partial charge in [0.05, 0.1) is 61.8 Å². The fraction of sp³-hybridized carbons (Fsp3) is 0.145. The lowest BCUT2D eigenvalue weighted by atomic mass is 9.90. The van der Waals surface area contributed by atoms with Crippen molar-refractivity contribution in [3.05, 3.63) is 423 Å². The third-order valence-corrected chi connectivity index (χ3v) is 27.2. The molecule has 3 N–H and O–H groups in total. The number of aryl methyl sites for hydroxylation is 1. The molecule has 0 unspecified atom stereocenters. The van der Waals surface area contributed by atoms with Crippen LogP contribution in [0, 0.1) is 93.0 Å². The fourth-order valence-corrected chi connectivity index (χ4v) is 19.9. The van der Waals surface area contributed by atoms with E-state index in [0.717, 1.165) is 148 Å². The summed E-state index contributed by atoms with van der Waals surface area (Å²) in [5.74, 6) is -7.42. The third kappa shape index (κ3) is 21.1. The molecule has 0 atom stereocenters. The maximum absolute atomic E-state index is 14.9. The Balaban J connectivity index is 0.000000117. The van der Waals surface area contributed by atoms with Gasteiger partial charge in [0.15, 0.2) is 12.4 Å². The zero-order valence-electron chi connectivity index (χ0n) is 79.0. The van der Waals surface area contributed by atoms with E-state index in [2.05, 4.69) is 40.9 Å². The summed E-state index contributed by atoms with van der Waals surface area (Å²) < 4.78 is 191. The van der Waals surface area contributed by atoms with Gasteiger partial charge in [-0.25, -0.2) is 67.0 Å². The van der Waals surface area contributed by atoms with E-state index in [4.69, 9.17) is 42.9 Å². The number of nitrogens with one attached hydrogen (secondary N) is 3. The number of rotatable bonds is 14. The highest BCUT2D eigenvalue weighted by atomic mass is 35.5. The number of piperidine rings is 3. The van der Waals surface area contributed by atoms with E-state index in [1.165, 1.54) is 111 Å². The molecule has 3 aliphatic rings. The summed E-state index contributed by atoms with van der Waals surface area (Å²) in [6.45, 7) is 7.06. The van der Waals surface area contributed by atoms with Crippen LogP contribution in [0.3, 0.4) is 0 Å². The fourth-order valence-electron chi connectivity index (χ4n) is 19.3. The second-order valence-electron chi connectivity index (χ2n) is 35.6. The van der Waals surface area contributed by atoms with Gasteiger partial charge in [-0.15, -0.1) is 0 Å². The standard InChI is InChI=1S/C25H19Cl2F2N3.C25H19F4N3.C25H20F3N3.C21H14F2N2O2.C21H14F2N2O/c26-19-2-1-3-20(27)23(19)25-24-17(8-11-31-25)18(16-5-4-15(28)12-21(16)29)13-22(32-24)14-6-9-30-10-7-14;26-15-4-5-16(21(29)12-15)18-13-22(14-6-9-30-10-7-14)32-24-17(18)8-11-31-25(24)23-19(27)2-1-3-20(23)28;26-16-5-6-17(22(28)13-16)20-14-23(15-7-10-29-11-8-15)31-25-18(20)9-12-30-24(25)19-3-1-2-4-21(19)27;1-27-19-5-3-2-4-17(19)21-20-16(9-11-25(21)26)14(8-10-24-20)15-7-6-13(22)12-18(15)23;1-13-4-2-3-5-15(13)21-20-18(9-11-25(21)26)16(8-10-24-20)17-7-6-14(22)12-19(17)23/h2*1-5,8,11-14,30H,6-7,9-10H2;1-6,9,12-15,29H,7-8,10-11H2;2-12H,1H3;2-12H,1H3. The van der Waals surface area contributed by atoms with E-state index in [1.54, 1.807) is 122 Å². The van der Waals surface area contributed by atoms with Crippen molar-refractivity contribution < 1.29 is 71.3 Å². The molecule has 3 saturated heterocycles. The van der Waals surface area contributed by atoms with E-state index in [0.29, 0.717) is 148 Å². The van der Waals surface area contributed by atoms with Crippen molar-refractivity contribution in [1.82, 2.24) is 55.8 Å². The van der Waals surface area contributed by atoms with Gasteiger partial charge in [-0.1, -0.05) is 77.8 Å². The molecule has 0 aliphatic carbocycles. The largest absolute Gasteiger partial charge is 0.618 e. The third-order valence-electron chi connectivity index (χ3n) is 26.5. The molecule has 0 spiro atoms. The number of fused-ring (bicyclic) bond motifs is 5. The molecule has 0 amide bonds. The summed E-state index contributed by atoms with van der Waals surface area (Å²) in [5, 5.41) is 39.0. The van der Waals surface area contributed by atoms with Crippen molar-refractivity contribution in [3.63, 3.8) is 0 Å². The van der Waals surface area contributed by atoms with Crippen LogP contribution in [-0.4, -0.2) is 86.3 Å². The van der Waals surface area contributed by atoms with Gasteiger partial charge < -0.3 is 31.1 Å². The number of pyridine rings is 10. The van der Waals surface area contributed by atoms with Crippen molar-refractivity contribution in [2.24, 2.45) is 0 Å². The molecular formula is C117H86Cl2F13N13O3. The summed E-state index contributed by atoms with van der Waals surface area (Å²) in [4.78, 5) is 36.6. The lowest BCUT2D eigenvalue weighted by Gasteiger charge is -2.24. The number of aromatic nitrogens is 10. The summed E-state index contributed by atoms with van der Waals surface area (Å²) in [6.07, 6.45) is 15.7. The molecule has 16 nitrogen and oxygen atoms in total. The Labute approximate surface area is 849 Å². The maximum atomic E-state index is 14.9. The average molecular weight is 2040 g/mol. The summed E-state index contributed by atoms with van der Waals surface area (Å²) >= 11 is 13.0. The number of para-hydroxylation sites is 1. The first kappa shape index (κ1) is 101. The lowest BCUT2D eigenvalue weighted by Crippen LogP contribution is -2.29. The smallest absolute Gasteiger partial charge is 0.254 e. The first-order valence-corrected chi connectivity index (χ1v) is 48.2. The van der Waals surface area contributed by atoms with Crippen LogP contribution >= 0.6 is 23.2 Å². The van der Waals surface area contributed by atoms with Crippen molar-refractivity contribution >= 4 is 77.7 Å². The molecule has 148 heavy (non-hydrogen) atoms. The Kier molecular flexibility index (Phi) is 30.2. The van der Waals surface area contributed by atoms with Crippen molar-refractivity contribution in [3.8, 4) is 118 Å². The van der Waals surface area contributed by atoms with E-state index >= 15 is 0 Å². The van der Waals surface area contributed by atoms with Crippen LogP contribution in [-0.2, 0) is 0 Å². The quantitative estimate of drug-likeness (QED) is 0.0527. The number of ether oxygens (including phenoxy) is 1. The number of hydrogen-bond acceptors (Lipinski definition) is 14. The second-order valence-corrected chi connectivity index (χ2v) is 36.4. The minimum Gasteiger partial charge on any atom is -0.618 e. The van der Waals surface area contributed by atoms with Gasteiger partial charge in [-0.2, -0.15) is 9.46 Å². The number of methoxy groups -OCH3 is 1. The van der Waals surface area contributed by atoms with Crippen molar-refractivity contribution in [1.29, 1.82) is 0 Å². The van der Waals surface area contributed by atoms with Gasteiger partial charge in [0.25, 0.3) is 11.4 Å². The van der Waals surface area contributed by atoms with Crippen LogP contribution in [0.15, 0.2) is 304 Å². The molecule has 0 bridgehead atoms. The van der Waals surface area contributed by atoms with Crippen molar-refractivity contribution in [2.45, 2.75) is 63.2 Å². The van der Waals surface area contributed by atoms with Crippen LogP contribution in [0.1, 0.15) is 78.9 Å². The van der Waals surface area contributed by atoms with Gasteiger partial charge in [0.2, 0.25) is 0 Å². The SMILES string of the molecule is COc1ccccc1-c1c2nccc(-c3ccc(F)cc3F)c2cc[n+]1[O-].Cc1ccccc1-c1c2nccc(-c3ccc(F)cc3F)c2cc[n+]1[O-].Fc1ccc(-c2cc(C3CCNCC3)nc3c(-c4c(Cl)cccc4Cl)nccc23)c(F)c1.Fc1ccc(-c2cc(C3CCNCC3)nc3c(-c4c(F)cccc4F)nccc23)c(F)c1.Fc1ccc(-c2cc(C3CCNCC3)nc3c(-c4ccccc4F)nccc23)c(F)c1. The molecule has 10 aromatic carbocycles. The normalized spacial score (nSPS) is 13.4. The predicted molar refractivity (Wildman–Crippen MR) is 550 cm³/mol. The summed E-state index contributed by atoms with van der Waals surface area (Å²) in [6, 6.07) is 64.6. The molecule has 742 valence electrons. The highest BCUT2D eigenvalue weighted by Gasteiger charge is 2.31. The van der Waals surface area contributed by atoms with Gasteiger partial charge in [-0.05, 0) is 282 Å². The molecule has 31 heteroatoms. The Morgan fingerprint density at radius 3 is 0.986 bits per heavy atom. The van der Waals surface area contributed by atoms with Crippen molar-refractivity contribution in [2.75, 3.05) is 46.4 Å². The second kappa shape index (κ2) is 44.5. The number of hydrogen-bond donors (Lipinski definition) is 3. The maximum Gasteiger partial charge on any atom is 0.254 e. The molecule has 20 aromatic rings. The predicted octanol–water partition coefficient (Wildman–Crippen LogP) is 28.1. The van der Waals surface area contributed by atoms with E-state index in [-0.39, 0.29) is 56.8 Å². The first-order valence-electron chi connectivity index (χ1n) is 47.5. The topological polar surface area (TPSA) is 202 Å². The molecule has 13 heterocycles. The monoisotopic (exact) mass is 2040 g/mol. The van der Waals surface area contributed by atoms with Crippen LogP contribution in [0.5, 0.6) is 5.75 Å². The number of nitrogens with zero attached hydrogens (tertiary/aromatic N) is 10. The van der Waals surface area contributed by atoms with E-state index in [9.17, 15) is 67.5 Å². The first-order chi connectivity index (χ1) is 71.8. The molecular weight excluding hydrogens is 1950 g/mol. The molecule has 3 aliphatic heterocycles. The highest BCUT2D eigenvalue weighted by Crippen LogP contribution is 2.47. The van der Waals surface area contributed by atoms with Gasteiger partial charge in [-0.3, -0.25) is 29.9 Å². The Morgan fingerprint density at radius 1 is 0.284 bits per heavy atom. The molecule has 0 radical (unpaired) electrons. The van der Waals surface area contributed by atoms with Crippen LogP contribution < -0.4 is 30.1 Å². The molecule has 10 aromatic heterocycles. The zero-order valence-corrected chi connectivity index (χ0v) is 80.5. The Morgan fingerprint density at radius 2 is 0.601 bits per heavy atom. The molecule has 3 fully saturated rings. The van der Waals surface area contributed by atoms with Crippen LogP contribution in [0.2, 0.25) is 10.0 Å². The Bertz CT molecular complexity index is 8230. The van der Waals surface area contributed by atoms with E-state index in [1.807, 2.05) is 43.3 Å². The van der Waals surface area contributed by atoms with Crippen LogP contribution in [0.4, 0.5) is 57.1 Å². The molecule has 23 rings (SSSR count). The minimum absolute atomic E-state index is 0.0534. The zero-order chi connectivity index (χ0) is 103. The highest BCUT2D eigenvalue weighted by molar-refractivity contribution is 6.39. The lowest BCUT2D eigenvalue weighted by molar-refractivity contribution is -0.592. The van der Waals surface area contributed by atoms with Gasteiger partial charge >= 0.3 is 0 Å². The number of halogens is 15.